The average molecular weight is 312 g/mol. The van der Waals surface area contributed by atoms with Crippen LogP contribution >= 0.6 is 0 Å². The van der Waals surface area contributed by atoms with Crippen LogP contribution in [0.1, 0.15) is 16.8 Å². The van der Waals surface area contributed by atoms with E-state index in [1.165, 1.54) is 35.6 Å². The van der Waals surface area contributed by atoms with Crippen LogP contribution < -0.4 is 5.32 Å². The van der Waals surface area contributed by atoms with E-state index in [9.17, 15) is 18.0 Å². The molecule has 0 radical (unpaired) electrons. The topological polar surface area (TPSA) is 104 Å². The summed E-state index contributed by atoms with van der Waals surface area (Å²) < 4.78 is 25.8. The zero-order valence-electron chi connectivity index (χ0n) is 11.4. The van der Waals surface area contributed by atoms with Crippen molar-refractivity contribution in [3.63, 3.8) is 0 Å². The predicted octanol–water partition coefficient (Wildman–Crippen LogP) is 0.141. The van der Waals surface area contributed by atoms with E-state index in [2.05, 4.69) is 5.32 Å². The van der Waals surface area contributed by atoms with Crippen molar-refractivity contribution < 1.29 is 23.1 Å². The predicted molar refractivity (Wildman–Crippen MR) is 74.3 cm³/mol. The molecule has 0 spiro atoms. The summed E-state index contributed by atoms with van der Waals surface area (Å²) >= 11 is 0. The third-order valence-electron chi connectivity index (χ3n) is 3.37. The molecule has 2 rings (SSSR count). The Morgan fingerprint density at radius 3 is 2.33 bits per heavy atom. The largest absolute Gasteiger partial charge is 0.481 e. The van der Waals surface area contributed by atoms with Crippen LogP contribution in [0.15, 0.2) is 29.2 Å². The number of rotatable bonds is 5. The van der Waals surface area contributed by atoms with Crippen LogP contribution in [0.25, 0.3) is 0 Å². The summed E-state index contributed by atoms with van der Waals surface area (Å²) in [5.74, 6) is -1.35. The molecule has 1 heterocycles. The van der Waals surface area contributed by atoms with E-state index in [0.717, 1.165) is 0 Å². The Morgan fingerprint density at radius 1 is 1.29 bits per heavy atom. The Bertz CT molecular complexity index is 648. The number of nitrogens with zero attached hydrogens (tertiary/aromatic N) is 1. The molecule has 0 saturated carbocycles. The minimum Gasteiger partial charge on any atom is -0.481 e. The van der Waals surface area contributed by atoms with Crippen molar-refractivity contribution in [2.45, 2.75) is 11.3 Å². The molecule has 0 aromatic heterocycles. The molecule has 0 unspecified atom stereocenters. The van der Waals surface area contributed by atoms with E-state index < -0.39 is 16.0 Å². The number of carbonyl (C=O) groups is 2. The van der Waals surface area contributed by atoms with E-state index in [4.69, 9.17) is 5.11 Å². The van der Waals surface area contributed by atoms with Crippen LogP contribution in [-0.2, 0) is 14.8 Å². The third-order valence-corrected chi connectivity index (χ3v) is 5.21. The molecule has 1 aromatic rings. The van der Waals surface area contributed by atoms with Crippen LogP contribution in [0.2, 0.25) is 0 Å². The Morgan fingerprint density at radius 2 is 1.86 bits per heavy atom. The molecule has 1 amide bonds. The third kappa shape index (κ3) is 3.22. The van der Waals surface area contributed by atoms with Crippen LogP contribution in [0.4, 0.5) is 0 Å². The van der Waals surface area contributed by atoms with Crippen molar-refractivity contribution in [1.82, 2.24) is 9.62 Å². The van der Waals surface area contributed by atoms with Gasteiger partial charge in [-0.2, -0.15) is 4.31 Å². The van der Waals surface area contributed by atoms with Crippen molar-refractivity contribution in [2.75, 3.05) is 20.1 Å². The highest BCUT2D eigenvalue weighted by Crippen LogP contribution is 2.27. The van der Waals surface area contributed by atoms with Crippen LogP contribution in [-0.4, -0.2) is 49.8 Å². The van der Waals surface area contributed by atoms with Gasteiger partial charge in [-0.25, -0.2) is 8.42 Å². The van der Waals surface area contributed by atoms with Gasteiger partial charge in [0.1, 0.15) is 0 Å². The maximum absolute atomic E-state index is 12.3. The molecule has 1 aromatic carbocycles. The Kier molecular flexibility index (Phi) is 4.29. The van der Waals surface area contributed by atoms with Crippen LogP contribution in [0, 0.1) is 5.92 Å². The number of hydrogen-bond donors (Lipinski definition) is 2. The van der Waals surface area contributed by atoms with Gasteiger partial charge in [0.2, 0.25) is 10.0 Å². The number of benzene rings is 1. The van der Waals surface area contributed by atoms with Crippen molar-refractivity contribution in [2.24, 2.45) is 5.92 Å². The lowest BCUT2D eigenvalue weighted by atomic mass is 10.00. The zero-order valence-corrected chi connectivity index (χ0v) is 12.3. The van der Waals surface area contributed by atoms with Gasteiger partial charge in [-0.15, -0.1) is 0 Å². The van der Waals surface area contributed by atoms with Crippen molar-refractivity contribution in [3.05, 3.63) is 29.8 Å². The molecule has 8 heteroatoms. The number of carboxylic acids is 1. The molecule has 1 aliphatic heterocycles. The first-order valence-electron chi connectivity index (χ1n) is 6.38. The van der Waals surface area contributed by atoms with Gasteiger partial charge in [0.05, 0.1) is 11.3 Å². The molecule has 1 fully saturated rings. The summed E-state index contributed by atoms with van der Waals surface area (Å²) in [7, 11) is -2.12. The molecule has 2 N–H and O–H groups in total. The average Bonchev–Trinajstić information content (AvgIpc) is 2.41. The standard InChI is InChI=1S/C13H16N2O5S/c1-14-13(18)10-2-4-11(5-3-10)21(19,20)15-7-9(8-15)6-12(16)17/h2-5,9H,6-8H2,1H3,(H,14,18)(H,16,17). The molecular formula is C13H16N2O5S. The number of nitrogens with one attached hydrogen (secondary N) is 1. The zero-order chi connectivity index (χ0) is 15.6. The molecular weight excluding hydrogens is 296 g/mol. The summed E-state index contributed by atoms with van der Waals surface area (Å²) in [5, 5.41) is 11.1. The van der Waals surface area contributed by atoms with Gasteiger partial charge in [0, 0.05) is 25.7 Å². The lowest BCUT2D eigenvalue weighted by Gasteiger charge is -2.37. The Hall–Kier alpha value is -1.93. The lowest BCUT2D eigenvalue weighted by Crippen LogP contribution is -2.50. The second-order valence-corrected chi connectivity index (χ2v) is 6.83. The van der Waals surface area contributed by atoms with Crippen molar-refractivity contribution in [3.8, 4) is 0 Å². The van der Waals surface area contributed by atoms with E-state index in [1.807, 2.05) is 0 Å². The van der Waals surface area contributed by atoms with E-state index in [1.54, 1.807) is 0 Å². The summed E-state index contributed by atoms with van der Waals surface area (Å²) in [5.41, 5.74) is 0.379. The van der Waals surface area contributed by atoms with Gasteiger partial charge < -0.3 is 10.4 Å². The van der Waals surface area contributed by atoms with Gasteiger partial charge in [-0.05, 0) is 30.2 Å². The van der Waals surface area contributed by atoms with E-state index in [0.29, 0.717) is 5.56 Å². The molecule has 21 heavy (non-hydrogen) atoms. The highest BCUT2D eigenvalue weighted by Gasteiger charge is 2.37. The van der Waals surface area contributed by atoms with Gasteiger partial charge >= 0.3 is 5.97 Å². The maximum atomic E-state index is 12.3. The molecule has 0 bridgehead atoms. The van der Waals surface area contributed by atoms with Crippen LogP contribution in [0.5, 0.6) is 0 Å². The Balaban J connectivity index is 2.07. The molecule has 7 nitrogen and oxygen atoms in total. The Labute approximate surface area is 122 Å². The number of hydrogen-bond acceptors (Lipinski definition) is 4. The normalized spacial score (nSPS) is 16.2. The number of carbonyl (C=O) groups excluding carboxylic acids is 1. The van der Waals surface area contributed by atoms with E-state index >= 15 is 0 Å². The molecule has 0 aliphatic carbocycles. The quantitative estimate of drug-likeness (QED) is 0.805. The summed E-state index contributed by atoms with van der Waals surface area (Å²) in [6.07, 6.45) is -0.0262. The molecule has 1 saturated heterocycles. The minimum atomic E-state index is -3.61. The monoisotopic (exact) mass is 312 g/mol. The smallest absolute Gasteiger partial charge is 0.303 e. The maximum Gasteiger partial charge on any atom is 0.303 e. The van der Waals surface area contributed by atoms with Gasteiger partial charge in [0.25, 0.3) is 5.91 Å². The molecule has 1 aliphatic rings. The molecule has 114 valence electrons. The highest BCUT2D eigenvalue weighted by molar-refractivity contribution is 7.89. The van der Waals surface area contributed by atoms with Crippen LogP contribution in [0.3, 0.4) is 0 Å². The molecule has 0 atom stereocenters. The van der Waals surface area contributed by atoms with Gasteiger partial charge in [-0.1, -0.05) is 0 Å². The van der Waals surface area contributed by atoms with E-state index in [-0.39, 0.29) is 36.2 Å². The second-order valence-electron chi connectivity index (χ2n) is 4.89. The fourth-order valence-electron chi connectivity index (χ4n) is 2.17. The number of aliphatic carboxylic acids is 1. The lowest BCUT2D eigenvalue weighted by molar-refractivity contribution is -0.139. The summed E-state index contributed by atoms with van der Waals surface area (Å²) in [6.45, 7) is 0.428. The van der Waals surface area contributed by atoms with Crippen molar-refractivity contribution >= 4 is 21.9 Å². The first-order chi connectivity index (χ1) is 9.84. The number of sulfonamides is 1. The second kappa shape index (κ2) is 5.82. The van der Waals surface area contributed by atoms with Gasteiger partial charge in [0.15, 0.2) is 0 Å². The summed E-state index contributed by atoms with van der Waals surface area (Å²) in [4.78, 5) is 22.0. The minimum absolute atomic E-state index is 0.0262. The first kappa shape index (κ1) is 15.5. The highest BCUT2D eigenvalue weighted by atomic mass is 32.2. The number of amides is 1. The SMILES string of the molecule is CNC(=O)c1ccc(S(=O)(=O)N2CC(CC(=O)O)C2)cc1. The first-order valence-corrected chi connectivity index (χ1v) is 7.82. The summed E-state index contributed by atoms with van der Waals surface area (Å²) in [6, 6.07) is 5.65. The number of carboxylic acid groups (broad SMARTS) is 1. The van der Waals surface area contributed by atoms with Crippen molar-refractivity contribution in [1.29, 1.82) is 0 Å². The fraction of sp³-hybridized carbons (Fsp3) is 0.385. The fourth-order valence-corrected chi connectivity index (χ4v) is 3.76. The van der Waals surface area contributed by atoms with Gasteiger partial charge in [-0.3, -0.25) is 9.59 Å².